The van der Waals surface area contributed by atoms with Crippen LogP contribution >= 0.6 is 0 Å². The van der Waals surface area contributed by atoms with E-state index in [0.717, 1.165) is 44.0 Å². The van der Waals surface area contributed by atoms with Gasteiger partial charge >= 0.3 is 0 Å². The molecule has 2 rings (SSSR count). The Morgan fingerprint density at radius 1 is 1.33 bits per heavy atom. The van der Waals surface area contributed by atoms with Gasteiger partial charge in [0.15, 0.2) is 0 Å². The van der Waals surface area contributed by atoms with Gasteiger partial charge in [-0.25, -0.2) is 4.98 Å². The normalized spacial score (nSPS) is 20.8. The van der Waals surface area contributed by atoms with Crippen LogP contribution in [0.1, 0.15) is 38.3 Å². The van der Waals surface area contributed by atoms with Gasteiger partial charge in [-0.3, -0.25) is 0 Å². The fraction of sp³-hybridized carbons (Fsp3) is 0.667. The average Bonchev–Trinajstić information content (AvgIpc) is 2.62. The maximum Gasteiger partial charge on any atom is 0.128 e. The van der Waals surface area contributed by atoms with Crippen LogP contribution in [0.3, 0.4) is 0 Å². The largest absolute Gasteiger partial charge is 0.378 e. The molecule has 0 amide bonds. The van der Waals surface area contributed by atoms with Gasteiger partial charge in [-0.2, -0.15) is 0 Å². The van der Waals surface area contributed by atoms with Crippen molar-refractivity contribution >= 4 is 5.82 Å². The van der Waals surface area contributed by atoms with Crippen molar-refractivity contribution in [1.29, 1.82) is 0 Å². The summed E-state index contributed by atoms with van der Waals surface area (Å²) in [6.07, 6.45) is 5.06. The molecule has 1 aliphatic heterocycles. The smallest absolute Gasteiger partial charge is 0.128 e. The van der Waals surface area contributed by atoms with Gasteiger partial charge in [0.1, 0.15) is 5.82 Å². The molecule has 0 N–H and O–H groups in total. The van der Waals surface area contributed by atoms with Crippen molar-refractivity contribution in [2.45, 2.75) is 45.6 Å². The lowest BCUT2D eigenvalue weighted by atomic mass is 10.2. The summed E-state index contributed by atoms with van der Waals surface area (Å²) in [4.78, 5) is 7.00. The third-order valence-electron chi connectivity index (χ3n) is 3.43. The van der Waals surface area contributed by atoms with Crippen molar-refractivity contribution in [1.82, 2.24) is 4.98 Å². The van der Waals surface area contributed by atoms with Crippen LogP contribution in [0, 0.1) is 6.92 Å². The molecule has 1 aromatic rings. The predicted octanol–water partition coefficient (Wildman–Crippen LogP) is 3.18. The molecule has 1 atom stereocenters. The number of aryl methyl sites for hydroxylation is 1. The molecule has 0 saturated carbocycles. The number of hydrogen-bond donors (Lipinski definition) is 0. The van der Waals surface area contributed by atoms with E-state index in [-0.39, 0.29) is 0 Å². The summed E-state index contributed by atoms with van der Waals surface area (Å²) in [6.45, 7) is 7.27. The Labute approximate surface area is 110 Å². The van der Waals surface area contributed by atoms with Crippen molar-refractivity contribution in [2.75, 3.05) is 24.6 Å². The van der Waals surface area contributed by atoms with E-state index in [1.165, 1.54) is 12.8 Å². The molecule has 0 spiro atoms. The summed E-state index contributed by atoms with van der Waals surface area (Å²) in [5.74, 6) is 1.12. The van der Waals surface area contributed by atoms with Gasteiger partial charge in [0, 0.05) is 25.4 Å². The number of anilines is 1. The zero-order valence-electron chi connectivity index (χ0n) is 11.6. The maximum absolute atomic E-state index is 5.87. The summed E-state index contributed by atoms with van der Waals surface area (Å²) in [6, 6.07) is 6.25. The second-order valence-corrected chi connectivity index (χ2v) is 5.05. The van der Waals surface area contributed by atoms with Crippen LogP contribution in [0.25, 0.3) is 0 Å². The highest BCUT2D eigenvalue weighted by Gasteiger charge is 2.18. The Morgan fingerprint density at radius 3 is 3.00 bits per heavy atom. The molecule has 1 aromatic heterocycles. The van der Waals surface area contributed by atoms with E-state index >= 15 is 0 Å². The van der Waals surface area contributed by atoms with E-state index in [1.54, 1.807) is 0 Å². The van der Waals surface area contributed by atoms with Crippen molar-refractivity contribution in [3.05, 3.63) is 23.9 Å². The quantitative estimate of drug-likeness (QED) is 0.818. The van der Waals surface area contributed by atoms with Gasteiger partial charge in [-0.1, -0.05) is 13.0 Å². The molecule has 1 saturated heterocycles. The van der Waals surface area contributed by atoms with Gasteiger partial charge in [0.2, 0.25) is 0 Å². The van der Waals surface area contributed by atoms with Gasteiger partial charge < -0.3 is 9.64 Å². The maximum atomic E-state index is 5.87. The van der Waals surface area contributed by atoms with E-state index in [1.807, 2.05) is 0 Å². The van der Waals surface area contributed by atoms with Crippen LogP contribution in [0.15, 0.2) is 18.2 Å². The highest BCUT2D eigenvalue weighted by molar-refractivity contribution is 5.39. The third-order valence-corrected chi connectivity index (χ3v) is 3.43. The number of hydrogen-bond acceptors (Lipinski definition) is 3. The zero-order chi connectivity index (χ0) is 12.8. The predicted molar refractivity (Wildman–Crippen MR) is 75.1 cm³/mol. The highest BCUT2D eigenvalue weighted by atomic mass is 16.5. The molecule has 0 aromatic carbocycles. The summed E-state index contributed by atoms with van der Waals surface area (Å²) in [5.41, 5.74) is 1.09. The molecular weight excluding hydrogens is 224 g/mol. The Balaban J connectivity index is 1.92. The lowest BCUT2D eigenvalue weighted by Crippen LogP contribution is -2.26. The minimum atomic E-state index is 0.444. The van der Waals surface area contributed by atoms with E-state index in [9.17, 15) is 0 Å². The standard InChI is InChI=1S/C15H24N2O/c1-3-12-18-14-7-5-10-17(11-9-14)15-8-4-6-13(2)16-15/h4,6,8,14H,3,5,7,9-12H2,1-2H3. The van der Waals surface area contributed by atoms with Gasteiger partial charge in [-0.05, 0) is 44.7 Å². The first-order valence-corrected chi connectivity index (χ1v) is 7.10. The second-order valence-electron chi connectivity index (χ2n) is 5.05. The molecule has 3 heteroatoms. The molecule has 18 heavy (non-hydrogen) atoms. The minimum Gasteiger partial charge on any atom is -0.378 e. The number of nitrogens with zero attached hydrogens (tertiary/aromatic N) is 2. The van der Waals surface area contributed by atoms with Crippen molar-refractivity contribution in [3.8, 4) is 0 Å². The molecule has 1 unspecified atom stereocenters. The van der Waals surface area contributed by atoms with Crippen LogP contribution in [-0.4, -0.2) is 30.8 Å². The summed E-state index contributed by atoms with van der Waals surface area (Å²) in [7, 11) is 0. The molecule has 3 nitrogen and oxygen atoms in total. The summed E-state index contributed by atoms with van der Waals surface area (Å²) >= 11 is 0. The molecule has 0 aliphatic carbocycles. The number of ether oxygens (including phenoxy) is 1. The molecule has 1 aliphatic rings. The van der Waals surface area contributed by atoms with Crippen LogP contribution in [-0.2, 0) is 4.74 Å². The van der Waals surface area contributed by atoms with Gasteiger partial charge in [0.25, 0.3) is 0 Å². The Bertz CT molecular complexity index is 367. The molecule has 0 bridgehead atoms. The summed E-state index contributed by atoms with van der Waals surface area (Å²) in [5, 5.41) is 0. The number of pyridine rings is 1. The Hall–Kier alpha value is -1.09. The fourth-order valence-electron chi connectivity index (χ4n) is 2.45. The van der Waals surface area contributed by atoms with E-state index in [2.05, 4.69) is 41.9 Å². The SMILES string of the molecule is CCCOC1CCCN(c2cccc(C)n2)CC1. The first-order valence-electron chi connectivity index (χ1n) is 7.10. The first kappa shape index (κ1) is 13.3. The van der Waals surface area contributed by atoms with Crippen LogP contribution in [0.4, 0.5) is 5.82 Å². The van der Waals surface area contributed by atoms with E-state index in [4.69, 9.17) is 4.74 Å². The molecule has 2 heterocycles. The lowest BCUT2D eigenvalue weighted by molar-refractivity contribution is 0.0461. The lowest BCUT2D eigenvalue weighted by Gasteiger charge is -2.22. The highest BCUT2D eigenvalue weighted by Crippen LogP contribution is 2.19. The molecule has 100 valence electrons. The average molecular weight is 248 g/mol. The molecule has 1 fully saturated rings. The third kappa shape index (κ3) is 3.70. The van der Waals surface area contributed by atoms with Crippen LogP contribution < -0.4 is 4.90 Å². The molecular formula is C15H24N2O. The number of rotatable bonds is 4. The van der Waals surface area contributed by atoms with E-state index < -0.39 is 0 Å². The minimum absolute atomic E-state index is 0.444. The first-order chi connectivity index (χ1) is 8.79. The monoisotopic (exact) mass is 248 g/mol. The molecule has 0 radical (unpaired) electrons. The fourth-order valence-corrected chi connectivity index (χ4v) is 2.45. The van der Waals surface area contributed by atoms with Gasteiger partial charge in [-0.15, -0.1) is 0 Å². The zero-order valence-corrected chi connectivity index (χ0v) is 11.6. The van der Waals surface area contributed by atoms with Crippen molar-refractivity contribution in [2.24, 2.45) is 0 Å². The van der Waals surface area contributed by atoms with Crippen LogP contribution in [0.5, 0.6) is 0 Å². The van der Waals surface area contributed by atoms with Gasteiger partial charge in [0.05, 0.1) is 6.10 Å². The van der Waals surface area contributed by atoms with Crippen LogP contribution in [0.2, 0.25) is 0 Å². The number of aromatic nitrogens is 1. The second kappa shape index (κ2) is 6.74. The Morgan fingerprint density at radius 2 is 2.22 bits per heavy atom. The van der Waals surface area contributed by atoms with Crippen molar-refractivity contribution < 1.29 is 4.74 Å². The van der Waals surface area contributed by atoms with Crippen molar-refractivity contribution in [3.63, 3.8) is 0 Å². The van der Waals surface area contributed by atoms with E-state index in [0.29, 0.717) is 6.10 Å². The Kier molecular flexibility index (Phi) is 5.00. The topological polar surface area (TPSA) is 25.4 Å². The summed E-state index contributed by atoms with van der Waals surface area (Å²) < 4.78 is 5.87.